The van der Waals surface area contributed by atoms with Crippen molar-refractivity contribution in [1.82, 2.24) is 10.2 Å². The minimum absolute atomic E-state index is 0.0818. The Bertz CT molecular complexity index is 1230. The standard InChI is InChI=1S/C31H33Cl2FN2O2S/c32-26-15-9-16-27(33)25(26)19-36(30(37)21-39-20-23-12-7-8-17-28(23)34)29(18-22-10-3-1-4-11-22)31(38)35-24-13-5-2-6-14-24/h1,3-4,7-12,15-17,24,29H,2,5-6,13-14,18-21H2,(H,35,38). The number of nitrogens with zero attached hydrogens (tertiary/aromatic N) is 1. The van der Waals surface area contributed by atoms with E-state index in [1.807, 2.05) is 30.3 Å². The Kier molecular flexibility index (Phi) is 11.1. The first-order valence-electron chi connectivity index (χ1n) is 13.3. The number of halogens is 3. The highest BCUT2D eigenvalue weighted by Gasteiger charge is 2.32. The zero-order chi connectivity index (χ0) is 27.6. The van der Waals surface area contributed by atoms with Crippen LogP contribution in [0.4, 0.5) is 4.39 Å². The minimum atomic E-state index is -0.761. The van der Waals surface area contributed by atoms with Gasteiger partial charge in [-0.2, -0.15) is 0 Å². The Balaban J connectivity index is 1.61. The van der Waals surface area contributed by atoms with Gasteiger partial charge in [-0.1, -0.05) is 97.1 Å². The number of rotatable bonds is 11. The van der Waals surface area contributed by atoms with Crippen LogP contribution in [-0.2, 0) is 28.3 Å². The molecule has 3 aromatic rings. The molecule has 3 aromatic carbocycles. The highest BCUT2D eigenvalue weighted by Crippen LogP contribution is 2.28. The molecule has 1 aliphatic rings. The fourth-order valence-electron chi connectivity index (χ4n) is 4.90. The van der Waals surface area contributed by atoms with Crippen molar-refractivity contribution >= 4 is 46.8 Å². The van der Waals surface area contributed by atoms with Gasteiger partial charge in [-0.15, -0.1) is 11.8 Å². The van der Waals surface area contributed by atoms with Crippen LogP contribution in [0.25, 0.3) is 0 Å². The van der Waals surface area contributed by atoms with Gasteiger partial charge in [-0.3, -0.25) is 9.59 Å². The molecule has 0 aromatic heterocycles. The summed E-state index contributed by atoms with van der Waals surface area (Å²) in [7, 11) is 0. The van der Waals surface area contributed by atoms with E-state index in [4.69, 9.17) is 23.2 Å². The normalized spacial score (nSPS) is 14.5. The topological polar surface area (TPSA) is 49.4 Å². The molecule has 0 spiro atoms. The predicted molar refractivity (Wildman–Crippen MR) is 159 cm³/mol. The second-order valence-corrected chi connectivity index (χ2v) is 11.7. The summed E-state index contributed by atoms with van der Waals surface area (Å²) >= 11 is 14.3. The van der Waals surface area contributed by atoms with E-state index in [9.17, 15) is 14.0 Å². The summed E-state index contributed by atoms with van der Waals surface area (Å²) in [5.41, 5.74) is 2.08. The van der Waals surface area contributed by atoms with Crippen molar-refractivity contribution in [2.75, 3.05) is 5.75 Å². The molecule has 4 rings (SSSR count). The van der Waals surface area contributed by atoms with Gasteiger partial charge >= 0.3 is 0 Å². The average molecular weight is 588 g/mol. The highest BCUT2D eigenvalue weighted by molar-refractivity contribution is 7.99. The van der Waals surface area contributed by atoms with Crippen molar-refractivity contribution < 1.29 is 14.0 Å². The fraction of sp³-hybridized carbons (Fsp3) is 0.355. The van der Waals surface area contributed by atoms with Crippen molar-refractivity contribution in [3.05, 3.63) is 105 Å². The van der Waals surface area contributed by atoms with Gasteiger partial charge in [0.15, 0.2) is 0 Å². The fourth-order valence-corrected chi connectivity index (χ4v) is 6.31. The summed E-state index contributed by atoms with van der Waals surface area (Å²) in [6.07, 6.45) is 5.57. The molecule has 1 unspecified atom stereocenters. The largest absolute Gasteiger partial charge is 0.352 e. The molecule has 8 heteroatoms. The molecule has 4 nitrogen and oxygen atoms in total. The maximum Gasteiger partial charge on any atom is 0.243 e. The van der Waals surface area contributed by atoms with Gasteiger partial charge in [0, 0.05) is 40.4 Å². The van der Waals surface area contributed by atoms with Crippen molar-refractivity contribution in [1.29, 1.82) is 0 Å². The van der Waals surface area contributed by atoms with Gasteiger partial charge in [-0.05, 0) is 42.2 Å². The van der Waals surface area contributed by atoms with Crippen molar-refractivity contribution in [2.45, 2.75) is 62.9 Å². The number of carbonyl (C=O) groups excluding carboxylic acids is 2. The summed E-state index contributed by atoms with van der Waals surface area (Å²) < 4.78 is 14.2. The van der Waals surface area contributed by atoms with E-state index in [-0.39, 0.29) is 36.0 Å². The smallest absolute Gasteiger partial charge is 0.243 e. The maximum absolute atomic E-state index is 14.2. The first-order chi connectivity index (χ1) is 18.9. The molecule has 39 heavy (non-hydrogen) atoms. The van der Waals surface area contributed by atoms with Gasteiger partial charge in [0.1, 0.15) is 11.9 Å². The van der Waals surface area contributed by atoms with E-state index in [2.05, 4.69) is 5.32 Å². The van der Waals surface area contributed by atoms with Crippen LogP contribution in [0.3, 0.4) is 0 Å². The zero-order valence-electron chi connectivity index (χ0n) is 21.8. The zero-order valence-corrected chi connectivity index (χ0v) is 24.1. The molecule has 0 aliphatic heterocycles. The van der Waals surface area contributed by atoms with Gasteiger partial charge in [-0.25, -0.2) is 4.39 Å². The van der Waals surface area contributed by atoms with Crippen LogP contribution in [-0.4, -0.2) is 34.6 Å². The van der Waals surface area contributed by atoms with E-state index < -0.39 is 6.04 Å². The monoisotopic (exact) mass is 586 g/mol. The van der Waals surface area contributed by atoms with Gasteiger partial charge in [0.2, 0.25) is 11.8 Å². The van der Waals surface area contributed by atoms with Gasteiger partial charge in [0.05, 0.1) is 5.75 Å². The van der Waals surface area contributed by atoms with Crippen molar-refractivity contribution in [3.63, 3.8) is 0 Å². The quantitative estimate of drug-likeness (QED) is 0.254. The summed E-state index contributed by atoms with van der Waals surface area (Å²) in [6.45, 7) is 0.0905. The van der Waals surface area contributed by atoms with Crippen LogP contribution in [0.5, 0.6) is 0 Å². The number of carbonyl (C=O) groups is 2. The third kappa shape index (κ3) is 8.47. The predicted octanol–water partition coefficient (Wildman–Crippen LogP) is 7.45. The number of benzene rings is 3. The van der Waals surface area contributed by atoms with Crippen molar-refractivity contribution in [2.24, 2.45) is 0 Å². The maximum atomic E-state index is 14.2. The Morgan fingerprint density at radius 2 is 1.59 bits per heavy atom. The molecule has 0 saturated heterocycles. The van der Waals surface area contributed by atoms with E-state index in [0.29, 0.717) is 33.3 Å². The van der Waals surface area contributed by atoms with Gasteiger partial charge in [0.25, 0.3) is 0 Å². The van der Waals surface area contributed by atoms with Crippen LogP contribution in [0.1, 0.15) is 48.8 Å². The third-order valence-electron chi connectivity index (χ3n) is 7.05. The molecule has 1 fully saturated rings. The number of thioether (sulfide) groups is 1. The van der Waals surface area contributed by atoms with E-state index >= 15 is 0 Å². The Morgan fingerprint density at radius 3 is 2.28 bits per heavy atom. The molecule has 0 bridgehead atoms. The molecular weight excluding hydrogens is 554 g/mol. The lowest BCUT2D eigenvalue weighted by molar-refractivity contribution is -0.139. The summed E-state index contributed by atoms with van der Waals surface area (Å²) in [4.78, 5) is 29.2. The second-order valence-electron chi connectivity index (χ2n) is 9.86. The highest BCUT2D eigenvalue weighted by atomic mass is 35.5. The SMILES string of the molecule is O=C(NC1CCCCC1)C(Cc1ccccc1)N(Cc1c(Cl)cccc1Cl)C(=O)CSCc1ccccc1F. The van der Waals surface area contributed by atoms with Crippen molar-refractivity contribution in [3.8, 4) is 0 Å². The molecular formula is C31H33Cl2FN2O2S. The summed E-state index contributed by atoms with van der Waals surface area (Å²) in [5, 5.41) is 4.10. The lowest BCUT2D eigenvalue weighted by Crippen LogP contribution is -2.53. The number of hydrogen-bond acceptors (Lipinski definition) is 3. The minimum Gasteiger partial charge on any atom is -0.352 e. The Hall–Kier alpha value is -2.54. The Morgan fingerprint density at radius 1 is 0.923 bits per heavy atom. The molecule has 2 amide bonds. The molecule has 1 aliphatic carbocycles. The van der Waals surface area contributed by atoms with E-state index in [0.717, 1.165) is 31.2 Å². The van der Waals surface area contributed by atoms with E-state index in [1.54, 1.807) is 41.3 Å². The summed E-state index contributed by atoms with van der Waals surface area (Å²) in [5.74, 6) is -0.283. The van der Waals surface area contributed by atoms with Crippen LogP contribution >= 0.6 is 35.0 Å². The number of nitrogens with one attached hydrogen (secondary N) is 1. The second kappa shape index (κ2) is 14.7. The molecule has 0 radical (unpaired) electrons. The average Bonchev–Trinajstić information content (AvgIpc) is 2.94. The molecule has 1 atom stereocenters. The summed E-state index contributed by atoms with van der Waals surface area (Å²) in [6, 6.07) is 20.8. The van der Waals surface area contributed by atoms with E-state index in [1.165, 1.54) is 24.2 Å². The van der Waals surface area contributed by atoms with Crippen LogP contribution in [0.2, 0.25) is 10.0 Å². The number of amides is 2. The van der Waals surface area contributed by atoms with Gasteiger partial charge < -0.3 is 10.2 Å². The first kappa shape index (κ1) is 29.4. The number of hydrogen-bond donors (Lipinski definition) is 1. The Labute approximate surface area is 244 Å². The lowest BCUT2D eigenvalue weighted by atomic mass is 9.94. The lowest BCUT2D eigenvalue weighted by Gasteiger charge is -2.34. The molecule has 0 heterocycles. The van der Waals surface area contributed by atoms with Crippen LogP contribution < -0.4 is 5.32 Å². The molecule has 1 N–H and O–H groups in total. The van der Waals surface area contributed by atoms with Crippen LogP contribution in [0.15, 0.2) is 72.8 Å². The third-order valence-corrected chi connectivity index (χ3v) is 8.73. The molecule has 1 saturated carbocycles. The van der Waals surface area contributed by atoms with Crippen LogP contribution in [0, 0.1) is 5.82 Å². The first-order valence-corrected chi connectivity index (χ1v) is 15.2. The molecule has 206 valence electrons.